The molecule has 0 saturated carbocycles. The van der Waals surface area contributed by atoms with E-state index in [1.807, 2.05) is 12.3 Å². The number of nitrogens with zero attached hydrogens (tertiary/aromatic N) is 3. The number of nitrogens with one attached hydrogen (secondary N) is 1. The zero-order valence-corrected chi connectivity index (χ0v) is 16.1. The molecule has 2 aliphatic heterocycles. The maximum Gasteiger partial charge on any atom is 0.189 e. The molecule has 3 N–H and O–H groups in total. The van der Waals surface area contributed by atoms with Crippen molar-refractivity contribution in [2.45, 2.75) is 25.5 Å². The van der Waals surface area contributed by atoms with Crippen LogP contribution in [0.5, 0.6) is 0 Å². The molecule has 1 aromatic heterocycles. The normalized spacial score (nSPS) is 21.4. The Morgan fingerprint density at radius 3 is 2.96 bits per heavy atom. The number of aliphatic imine (C=N–C) groups is 1. The molecule has 2 aliphatic rings. The first-order chi connectivity index (χ1) is 11.3. The van der Waals surface area contributed by atoms with E-state index < -0.39 is 0 Å². The van der Waals surface area contributed by atoms with Crippen molar-refractivity contribution in [3.8, 4) is 0 Å². The van der Waals surface area contributed by atoms with E-state index in [0.717, 1.165) is 63.7 Å². The molecule has 0 amide bonds. The van der Waals surface area contributed by atoms with Crippen LogP contribution in [0.4, 0.5) is 5.82 Å². The average molecular weight is 447 g/mol. The smallest absolute Gasteiger partial charge is 0.189 e. The first kappa shape index (κ1) is 19.2. The van der Waals surface area contributed by atoms with E-state index in [-0.39, 0.29) is 30.1 Å². The van der Waals surface area contributed by atoms with Crippen molar-refractivity contribution in [3.63, 3.8) is 0 Å². The summed E-state index contributed by atoms with van der Waals surface area (Å²) in [5.74, 6) is 1.43. The molecule has 2 saturated heterocycles. The summed E-state index contributed by atoms with van der Waals surface area (Å²) >= 11 is 0. The van der Waals surface area contributed by atoms with Crippen LogP contribution in [0.1, 0.15) is 18.4 Å². The van der Waals surface area contributed by atoms with Gasteiger partial charge in [-0.3, -0.25) is 0 Å². The molecule has 0 bridgehead atoms. The third-order valence-corrected chi connectivity index (χ3v) is 4.13. The molecule has 3 rings (SSSR count). The van der Waals surface area contributed by atoms with Gasteiger partial charge in [0.2, 0.25) is 0 Å². The van der Waals surface area contributed by atoms with Crippen molar-refractivity contribution in [2.75, 3.05) is 44.4 Å². The number of pyridine rings is 1. The van der Waals surface area contributed by atoms with Crippen LogP contribution in [-0.4, -0.2) is 56.5 Å². The molecule has 0 spiro atoms. The van der Waals surface area contributed by atoms with Gasteiger partial charge in [-0.25, -0.2) is 9.98 Å². The van der Waals surface area contributed by atoms with Crippen molar-refractivity contribution >= 4 is 35.8 Å². The van der Waals surface area contributed by atoms with Gasteiger partial charge in [0, 0.05) is 38.0 Å². The highest BCUT2D eigenvalue weighted by atomic mass is 127. The van der Waals surface area contributed by atoms with Gasteiger partial charge in [-0.2, -0.15) is 0 Å². The standard InChI is InChI=1S/C16H25N5O2.HI/c17-16(20-12-14-4-2-8-23-14)19-11-13-3-1-5-18-15(13)21-6-9-22-10-7-21;/h1,3,5,14H,2,4,6-12H2,(H3,17,19,20);1H. The highest BCUT2D eigenvalue weighted by Gasteiger charge is 2.16. The molecule has 7 nitrogen and oxygen atoms in total. The molecule has 3 heterocycles. The summed E-state index contributed by atoms with van der Waals surface area (Å²) in [5, 5.41) is 3.14. The number of hydrogen-bond donors (Lipinski definition) is 2. The number of halogens is 1. The Labute approximate surface area is 160 Å². The monoisotopic (exact) mass is 447 g/mol. The lowest BCUT2D eigenvalue weighted by molar-refractivity contribution is 0.114. The summed E-state index contributed by atoms with van der Waals surface area (Å²) in [6.45, 7) is 5.29. The Morgan fingerprint density at radius 1 is 1.38 bits per heavy atom. The number of hydrogen-bond acceptors (Lipinski definition) is 5. The molecule has 1 aromatic rings. The molecule has 134 valence electrons. The van der Waals surface area contributed by atoms with Gasteiger partial charge in [0.05, 0.1) is 25.9 Å². The van der Waals surface area contributed by atoms with E-state index >= 15 is 0 Å². The van der Waals surface area contributed by atoms with Crippen LogP contribution < -0.4 is 16.0 Å². The van der Waals surface area contributed by atoms with Gasteiger partial charge in [0.1, 0.15) is 5.82 Å². The maximum absolute atomic E-state index is 5.96. The first-order valence-electron chi connectivity index (χ1n) is 8.25. The van der Waals surface area contributed by atoms with E-state index in [9.17, 15) is 0 Å². The lowest BCUT2D eigenvalue weighted by Gasteiger charge is -2.29. The molecule has 24 heavy (non-hydrogen) atoms. The summed E-state index contributed by atoms with van der Waals surface area (Å²) in [7, 11) is 0. The fourth-order valence-corrected chi connectivity index (χ4v) is 2.86. The highest BCUT2D eigenvalue weighted by Crippen LogP contribution is 2.19. The van der Waals surface area contributed by atoms with Gasteiger partial charge in [-0.15, -0.1) is 24.0 Å². The number of nitrogens with two attached hydrogens (primary N) is 1. The number of rotatable bonds is 5. The van der Waals surface area contributed by atoms with Crippen molar-refractivity contribution in [3.05, 3.63) is 23.9 Å². The van der Waals surface area contributed by atoms with Gasteiger partial charge in [-0.05, 0) is 18.9 Å². The van der Waals surface area contributed by atoms with Crippen molar-refractivity contribution < 1.29 is 9.47 Å². The van der Waals surface area contributed by atoms with E-state index in [1.165, 1.54) is 0 Å². The minimum atomic E-state index is 0. The van der Waals surface area contributed by atoms with Crippen molar-refractivity contribution in [1.29, 1.82) is 0 Å². The van der Waals surface area contributed by atoms with E-state index in [4.69, 9.17) is 15.2 Å². The van der Waals surface area contributed by atoms with Crippen molar-refractivity contribution in [1.82, 2.24) is 10.3 Å². The molecular formula is C16H26IN5O2. The second kappa shape index (κ2) is 10.00. The van der Waals surface area contributed by atoms with Crippen LogP contribution >= 0.6 is 24.0 Å². The molecular weight excluding hydrogens is 421 g/mol. The Hall–Kier alpha value is -1.13. The second-order valence-electron chi connectivity index (χ2n) is 5.80. The zero-order valence-electron chi connectivity index (χ0n) is 13.8. The lowest BCUT2D eigenvalue weighted by atomic mass is 10.2. The summed E-state index contributed by atoms with van der Waals surface area (Å²) in [5.41, 5.74) is 7.04. The number of aromatic nitrogens is 1. The second-order valence-corrected chi connectivity index (χ2v) is 5.80. The molecule has 0 aliphatic carbocycles. The third-order valence-electron chi connectivity index (χ3n) is 4.13. The predicted molar refractivity (Wildman–Crippen MR) is 105 cm³/mol. The maximum atomic E-state index is 5.96. The van der Waals surface area contributed by atoms with E-state index in [1.54, 1.807) is 0 Å². The summed E-state index contributed by atoms with van der Waals surface area (Å²) in [4.78, 5) is 11.2. The minimum absolute atomic E-state index is 0. The largest absolute Gasteiger partial charge is 0.378 e. The number of ether oxygens (including phenoxy) is 2. The van der Waals surface area contributed by atoms with Crippen LogP contribution in [0.15, 0.2) is 23.3 Å². The minimum Gasteiger partial charge on any atom is -0.378 e. The third kappa shape index (κ3) is 5.45. The number of morpholine rings is 1. The number of anilines is 1. The highest BCUT2D eigenvalue weighted by molar-refractivity contribution is 14.0. The molecule has 2 fully saturated rings. The Morgan fingerprint density at radius 2 is 2.21 bits per heavy atom. The Bertz CT molecular complexity index is 531. The topological polar surface area (TPSA) is 85.0 Å². The summed E-state index contributed by atoms with van der Waals surface area (Å²) in [6.07, 6.45) is 4.29. The number of guanidine groups is 1. The van der Waals surface area contributed by atoms with E-state index in [2.05, 4.69) is 26.3 Å². The van der Waals surface area contributed by atoms with Gasteiger partial charge in [-0.1, -0.05) is 6.07 Å². The van der Waals surface area contributed by atoms with Crippen LogP contribution in [0, 0.1) is 0 Å². The molecule has 8 heteroatoms. The van der Waals surface area contributed by atoms with Crippen molar-refractivity contribution in [2.24, 2.45) is 10.7 Å². The molecule has 0 radical (unpaired) electrons. The average Bonchev–Trinajstić information content (AvgIpc) is 3.13. The van der Waals surface area contributed by atoms with Gasteiger partial charge in [0.25, 0.3) is 0 Å². The quantitative estimate of drug-likeness (QED) is 0.400. The van der Waals surface area contributed by atoms with Gasteiger partial charge < -0.3 is 25.4 Å². The van der Waals surface area contributed by atoms with Gasteiger partial charge in [0.15, 0.2) is 5.96 Å². The Balaban J connectivity index is 0.00000208. The Kier molecular flexibility index (Phi) is 8.00. The van der Waals surface area contributed by atoms with Crippen LogP contribution in [0.25, 0.3) is 0 Å². The van der Waals surface area contributed by atoms with Crippen LogP contribution in [0.2, 0.25) is 0 Å². The van der Waals surface area contributed by atoms with Gasteiger partial charge >= 0.3 is 0 Å². The fourth-order valence-electron chi connectivity index (χ4n) is 2.86. The van der Waals surface area contributed by atoms with E-state index in [0.29, 0.717) is 12.5 Å². The van der Waals surface area contributed by atoms with Crippen LogP contribution in [-0.2, 0) is 16.0 Å². The molecule has 1 unspecified atom stereocenters. The summed E-state index contributed by atoms with van der Waals surface area (Å²) < 4.78 is 11.0. The lowest BCUT2D eigenvalue weighted by Crippen LogP contribution is -2.38. The summed E-state index contributed by atoms with van der Waals surface area (Å²) in [6, 6.07) is 3.99. The fraction of sp³-hybridized carbons (Fsp3) is 0.625. The predicted octanol–water partition coefficient (Wildman–Crippen LogP) is 1.12. The zero-order chi connectivity index (χ0) is 15.9. The first-order valence-corrected chi connectivity index (χ1v) is 8.25. The molecule has 1 atom stereocenters. The molecule has 0 aromatic carbocycles. The SMILES string of the molecule is I.NC(=NCc1cccnc1N1CCOCC1)NCC1CCCO1. The van der Waals surface area contributed by atoms with Crippen LogP contribution in [0.3, 0.4) is 0 Å².